The molecule has 104 valence electrons. The van der Waals surface area contributed by atoms with Crippen LogP contribution in [0.5, 0.6) is 5.75 Å². The Balaban J connectivity index is 1.66. The van der Waals surface area contributed by atoms with E-state index in [2.05, 4.69) is 20.8 Å². The third-order valence-corrected chi connectivity index (χ3v) is 2.77. The molecule has 1 aromatic heterocycles. The molecule has 20 heavy (non-hydrogen) atoms. The number of ether oxygens (including phenoxy) is 1. The molecule has 0 aliphatic carbocycles. The highest BCUT2D eigenvalue weighted by Gasteiger charge is 2.07. The highest BCUT2D eigenvalue weighted by atomic mass is 32.1. The van der Waals surface area contributed by atoms with Crippen molar-refractivity contribution in [2.45, 2.75) is 0 Å². The van der Waals surface area contributed by atoms with Gasteiger partial charge in [-0.3, -0.25) is 14.9 Å². The van der Waals surface area contributed by atoms with Crippen LogP contribution < -0.4 is 15.4 Å². The predicted molar refractivity (Wildman–Crippen MR) is 73.5 cm³/mol. The van der Waals surface area contributed by atoms with Gasteiger partial charge in [0.25, 0.3) is 5.91 Å². The highest BCUT2D eigenvalue weighted by molar-refractivity contribution is 7.13. The van der Waals surface area contributed by atoms with Crippen LogP contribution in [0.1, 0.15) is 0 Å². The summed E-state index contributed by atoms with van der Waals surface area (Å²) in [6.45, 7) is -0.285. The zero-order valence-electron chi connectivity index (χ0n) is 10.4. The van der Waals surface area contributed by atoms with Crippen LogP contribution in [-0.4, -0.2) is 35.2 Å². The van der Waals surface area contributed by atoms with Crippen molar-refractivity contribution in [2.75, 3.05) is 18.5 Å². The van der Waals surface area contributed by atoms with Gasteiger partial charge < -0.3 is 10.1 Å². The van der Waals surface area contributed by atoms with Crippen molar-refractivity contribution in [2.24, 2.45) is 0 Å². The Morgan fingerprint density at radius 2 is 2.00 bits per heavy atom. The van der Waals surface area contributed by atoms with Crippen molar-refractivity contribution in [1.82, 2.24) is 15.5 Å². The average Bonchev–Trinajstić information content (AvgIpc) is 2.97. The maximum Gasteiger partial charge on any atom is 0.258 e. The number of hydrogen-bond acceptors (Lipinski definition) is 6. The lowest BCUT2D eigenvalue weighted by molar-refractivity contribution is -0.125. The van der Waals surface area contributed by atoms with E-state index in [-0.39, 0.29) is 25.0 Å². The van der Waals surface area contributed by atoms with E-state index in [1.54, 1.807) is 12.1 Å². The molecule has 0 atom stereocenters. The fourth-order valence-corrected chi connectivity index (χ4v) is 1.75. The Morgan fingerprint density at radius 3 is 2.70 bits per heavy atom. The van der Waals surface area contributed by atoms with Gasteiger partial charge in [0.1, 0.15) is 11.3 Å². The summed E-state index contributed by atoms with van der Waals surface area (Å²) >= 11 is 1.20. The number of benzene rings is 1. The molecule has 0 fully saturated rings. The van der Waals surface area contributed by atoms with E-state index in [1.807, 2.05) is 18.2 Å². The monoisotopic (exact) mass is 292 g/mol. The summed E-state index contributed by atoms with van der Waals surface area (Å²) < 4.78 is 5.24. The third kappa shape index (κ3) is 4.65. The van der Waals surface area contributed by atoms with E-state index >= 15 is 0 Å². The van der Waals surface area contributed by atoms with Crippen LogP contribution in [0.2, 0.25) is 0 Å². The second kappa shape index (κ2) is 7.19. The molecule has 2 aromatic rings. The summed E-state index contributed by atoms with van der Waals surface area (Å²) in [5.41, 5.74) is 1.50. The molecule has 8 heteroatoms. The van der Waals surface area contributed by atoms with Crippen LogP contribution >= 0.6 is 11.3 Å². The second-order valence-corrected chi connectivity index (χ2v) is 4.50. The maximum atomic E-state index is 11.5. The lowest BCUT2D eigenvalue weighted by Gasteiger charge is -2.06. The minimum Gasteiger partial charge on any atom is -0.484 e. The van der Waals surface area contributed by atoms with E-state index in [1.165, 1.54) is 16.8 Å². The van der Waals surface area contributed by atoms with Crippen molar-refractivity contribution in [1.29, 1.82) is 0 Å². The molecule has 0 spiro atoms. The van der Waals surface area contributed by atoms with Crippen LogP contribution in [-0.2, 0) is 9.59 Å². The first kappa shape index (κ1) is 13.9. The molecular formula is C12H12N4O3S. The summed E-state index contributed by atoms with van der Waals surface area (Å²) in [5, 5.41) is 12.6. The summed E-state index contributed by atoms with van der Waals surface area (Å²) in [4.78, 5) is 22.9. The lowest BCUT2D eigenvalue weighted by atomic mass is 10.3. The van der Waals surface area contributed by atoms with Crippen molar-refractivity contribution in [3.8, 4) is 5.75 Å². The van der Waals surface area contributed by atoms with Crippen LogP contribution in [0.3, 0.4) is 0 Å². The van der Waals surface area contributed by atoms with Gasteiger partial charge in [-0.15, -0.1) is 10.2 Å². The van der Waals surface area contributed by atoms with E-state index in [0.717, 1.165) is 0 Å². The highest BCUT2D eigenvalue weighted by Crippen LogP contribution is 2.08. The van der Waals surface area contributed by atoms with Crippen molar-refractivity contribution < 1.29 is 14.3 Å². The zero-order valence-corrected chi connectivity index (χ0v) is 11.2. The Hall–Kier alpha value is -2.48. The molecule has 0 bridgehead atoms. The summed E-state index contributed by atoms with van der Waals surface area (Å²) in [7, 11) is 0. The lowest BCUT2D eigenvalue weighted by Crippen LogP contribution is -2.35. The second-order valence-electron chi connectivity index (χ2n) is 3.67. The van der Waals surface area contributed by atoms with Gasteiger partial charge in [0.15, 0.2) is 6.61 Å². The van der Waals surface area contributed by atoms with Gasteiger partial charge in [0.2, 0.25) is 11.0 Å². The van der Waals surface area contributed by atoms with Gasteiger partial charge in [-0.25, -0.2) is 0 Å². The van der Waals surface area contributed by atoms with Gasteiger partial charge >= 0.3 is 0 Å². The molecule has 1 heterocycles. The summed E-state index contributed by atoms with van der Waals surface area (Å²) in [5.74, 6) is -0.142. The Morgan fingerprint density at radius 1 is 1.20 bits per heavy atom. The van der Waals surface area contributed by atoms with E-state index < -0.39 is 0 Å². The first-order valence-electron chi connectivity index (χ1n) is 5.74. The van der Waals surface area contributed by atoms with E-state index in [4.69, 9.17) is 4.74 Å². The van der Waals surface area contributed by atoms with Gasteiger partial charge in [-0.1, -0.05) is 29.5 Å². The minimum absolute atomic E-state index is 0.142. The first-order valence-corrected chi connectivity index (χ1v) is 6.62. The first-order chi connectivity index (χ1) is 9.74. The SMILES string of the molecule is O=C(COc1ccccc1)NCC(=O)Nc1nncs1. The fraction of sp³-hybridized carbons (Fsp3) is 0.167. The molecule has 2 amide bonds. The Labute approximate surface area is 119 Å². The smallest absolute Gasteiger partial charge is 0.258 e. The molecule has 0 saturated heterocycles. The minimum atomic E-state index is -0.374. The molecule has 0 saturated carbocycles. The zero-order chi connectivity index (χ0) is 14.2. The fourth-order valence-electron chi connectivity index (χ4n) is 1.29. The largest absolute Gasteiger partial charge is 0.484 e. The molecule has 2 N–H and O–H groups in total. The molecule has 1 aromatic carbocycles. The normalized spacial score (nSPS) is 9.80. The third-order valence-electron chi connectivity index (χ3n) is 2.17. The molecule has 7 nitrogen and oxygen atoms in total. The Kier molecular flexibility index (Phi) is 5.01. The van der Waals surface area contributed by atoms with Crippen molar-refractivity contribution in [3.05, 3.63) is 35.8 Å². The number of para-hydroxylation sites is 1. The number of carbonyl (C=O) groups excluding carboxylic acids is 2. The number of rotatable bonds is 6. The topological polar surface area (TPSA) is 93.2 Å². The van der Waals surface area contributed by atoms with Gasteiger partial charge in [-0.2, -0.15) is 0 Å². The van der Waals surface area contributed by atoms with E-state index in [0.29, 0.717) is 10.9 Å². The van der Waals surface area contributed by atoms with Crippen molar-refractivity contribution >= 4 is 28.3 Å². The van der Waals surface area contributed by atoms with Crippen LogP contribution in [0.4, 0.5) is 5.13 Å². The number of carbonyl (C=O) groups is 2. The summed E-state index contributed by atoms with van der Waals surface area (Å²) in [6.07, 6.45) is 0. The van der Waals surface area contributed by atoms with Gasteiger partial charge in [-0.05, 0) is 12.1 Å². The summed E-state index contributed by atoms with van der Waals surface area (Å²) in [6, 6.07) is 8.96. The number of aromatic nitrogens is 2. The van der Waals surface area contributed by atoms with Gasteiger partial charge in [0, 0.05) is 0 Å². The van der Waals surface area contributed by atoms with Crippen LogP contribution in [0.15, 0.2) is 35.8 Å². The average molecular weight is 292 g/mol. The van der Waals surface area contributed by atoms with Gasteiger partial charge in [0.05, 0.1) is 6.54 Å². The predicted octanol–water partition coefficient (Wildman–Crippen LogP) is 0.672. The van der Waals surface area contributed by atoms with E-state index in [9.17, 15) is 9.59 Å². The number of hydrogen-bond donors (Lipinski definition) is 2. The molecular weight excluding hydrogens is 280 g/mol. The quantitative estimate of drug-likeness (QED) is 0.816. The number of amides is 2. The molecule has 2 rings (SSSR count). The number of anilines is 1. The Bertz CT molecular complexity index is 559. The standard InChI is InChI=1S/C12H12N4O3S/c17-10(15-12-16-14-8-20-12)6-13-11(18)7-19-9-4-2-1-3-5-9/h1-5,8H,6-7H2,(H,13,18)(H,15,16,17). The number of nitrogens with zero attached hydrogens (tertiary/aromatic N) is 2. The van der Waals surface area contributed by atoms with Crippen LogP contribution in [0.25, 0.3) is 0 Å². The van der Waals surface area contributed by atoms with Crippen LogP contribution in [0, 0.1) is 0 Å². The molecule has 0 unspecified atom stereocenters. The molecule has 0 aliphatic rings. The van der Waals surface area contributed by atoms with Crippen molar-refractivity contribution in [3.63, 3.8) is 0 Å². The maximum absolute atomic E-state index is 11.5. The number of nitrogens with one attached hydrogen (secondary N) is 2. The molecule has 0 aliphatic heterocycles. The molecule has 0 radical (unpaired) electrons.